The van der Waals surface area contributed by atoms with Crippen LogP contribution in [-0.4, -0.2) is 30.3 Å². The fourth-order valence-electron chi connectivity index (χ4n) is 1.78. The van der Waals surface area contributed by atoms with E-state index >= 15 is 0 Å². The van der Waals surface area contributed by atoms with Crippen LogP contribution in [0.3, 0.4) is 0 Å². The lowest BCUT2D eigenvalue weighted by molar-refractivity contribution is 0.318. The summed E-state index contributed by atoms with van der Waals surface area (Å²) in [4.78, 5) is 0. The molecule has 1 aromatic rings. The van der Waals surface area contributed by atoms with E-state index in [9.17, 15) is 8.42 Å². The number of rotatable bonds is 5. The van der Waals surface area contributed by atoms with Crippen molar-refractivity contribution in [1.29, 1.82) is 0 Å². The van der Waals surface area contributed by atoms with Gasteiger partial charge in [0.05, 0.1) is 0 Å². The molecule has 1 atom stereocenters. The van der Waals surface area contributed by atoms with Crippen LogP contribution in [0.4, 0.5) is 5.69 Å². The predicted octanol–water partition coefficient (Wildman–Crippen LogP) is 1.66. The van der Waals surface area contributed by atoms with E-state index < -0.39 is 15.1 Å². The average molecular weight is 270 g/mol. The molecule has 0 aromatic heterocycles. The minimum atomic E-state index is -3.30. The van der Waals surface area contributed by atoms with E-state index in [2.05, 4.69) is 5.16 Å². The number of hydrogen-bond acceptors (Lipinski definition) is 5. The Morgan fingerprint density at radius 3 is 2.28 bits per heavy atom. The summed E-state index contributed by atoms with van der Waals surface area (Å²) in [7, 11) is -3.30. The molecule has 0 radical (unpaired) electrons. The maximum Gasteiger partial charge on any atom is 0.158 e. The lowest BCUT2D eigenvalue weighted by Gasteiger charge is -2.16. The summed E-state index contributed by atoms with van der Waals surface area (Å²) >= 11 is 0. The summed E-state index contributed by atoms with van der Waals surface area (Å²) < 4.78 is 23.9. The van der Waals surface area contributed by atoms with Gasteiger partial charge < -0.3 is 10.9 Å². The van der Waals surface area contributed by atoms with Crippen molar-refractivity contribution in [1.82, 2.24) is 0 Å². The van der Waals surface area contributed by atoms with Crippen molar-refractivity contribution in [3.63, 3.8) is 0 Å². The van der Waals surface area contributed by atoms with E-state index in [4.69, 9.17) is 10.9 Å². The molecular formula is C12H18N2O3S. The van der Waals surface area contributed by atoms with Crippen molar-refractivity contribution in [3.8, 4) is 0 Å². The molecule has 0 aliphatic rings. The Labute approximate surface area is 107 Å². The van der Waals surface area contributed by atoms with E-state index in [0.717, 1.165) is 0 Å². The minimum absolute atomic E-state index is 0.0134. The second-order valence-corrected chi connectivity index (χ2v) is 6.43. The van der Waals surface area contributed by atoms with Gasteiger partial charge in [-0.2, -0.15) is 0 Å². The quantitative estimate of drug-likeness (QED) is 0.368. The largest absolute Gasteiger partial charge is 0.411 e. The highest BCUT2D eigenvalue weighted by molar-refractivity contribution is 7.92. The SMILES string of the molecule is CCC(/C(=N/O)c1ccc(N)cc1)S(=O)(=O)CC. The number of sulfone groups is 1. The van der Waals surface area contributed by atoms with E-state index in [1.54, 1.807) is 38.1 Å². The zero-order valence-electron chi connectivity index (χ0n) is 10.5. The summed E-state index contributed by atoms with van der Waals surface area (Å²) in [6, 6.07) is 6.59. The lowest BCUT2D eigenvalue weighted by Crippen LogP contribution is -2.31. The molecule has 1 aromatic carbocycles. The Balaban J connectivity index is 3.21. The predicted molar refractivity (Wildman–Crippen MR) is 72.7 cm³/mol. The molecule has 0 bridgehead atoms. The second-order valence-electron chi connectivity index (χ2n) is 3.96. The van der Waals surface area contributed by atoms with Crippen molar-refractivity contribution in [2.45, 2.75) is 25.5 Å². The molecule has 0 aliphatic carbocycles. The Hall–Kier alpha value is -1.56. The van der Waals surface area contributed by atoms with Crippen LogP contribution in [0.5, 0.6) is 0 Å². The summed E-state index contributed by atoms with van der Waals surface area (Å²) in [5, 5.41) is 11.5. The summed E-state index contributed by atoms with van der Waals surface area (Å²) in [6.45, 7) is 3.33. The molecule has 0 saturated carbocycles. The van der Waals surface area contributed by atoms with Crippen molar-refractivity contribution >= 4 is 21.2 Å². The van der Waals surface area contributed by atoms with Crippen LogP contribution in [0.15, 0.2) is 29.4 Å². The number of hydrogen-bond donors (Lipinski definition) is 2. The molecule has 1 unspecified atom stereocenters. The lowest BCUT2D eigenvalue weighted by atomic mass is 10.1. The minimum Gasteiger partial charge on any atom is -0.411 e. The van der Waals surface area contributed by atoms with Crippen LogP contribution in [0.2, 0.25) is 0 Å². The van der Waals surface area contributed by atoms with Gasteiger partial charge in [0, 0.05) is 17.0 Å². The molecular weight excluding hydrogens is 252 g/mol. The zero-order chi connectivity index (χ0) is 13.8. The topological polar surface area (TPSA) is 92.8 Å². The number of benzene rings is 1. The molecule has 6 heteroatoms. The first-order valence-corrected chi connectivity index (χ1v) is 7.47. The maximum atomic E-state index is 12.0. The number of anilines is 1. The first-order valence-electron chi connectivity index (χ1n) is 5.75. The smallest absolute Gasteiger partial charge is 0.158 e. The Bertz CT molecular complexity index is 521. The third kappa shape index (κ3) is 3.01. The Morgan fingerprint density at radius 1 is 1.33 bits per heavy atom. The van der Waals surface area contributed by atoms with Gasteiger partial charge in [0.25, 0.3) is 0 Å². The molecule has 0 spiro atoms. The molecule has 18 heavy (non-hydrogen) atoms. The summed E-state index contributed by atoms with van der Waals surface area (Å²) in [5.41, 5.74) is 6.87. The number of nitrogen functional groups attached to an aromatic ring is 1. The van der Waals surface area contributed by atoms with Gasteiger partial charge in [0.2, 0.25) is 0 Å². The fourth-order valence-corrected chi connectivity index (χ4v) is 3.21. The van der Waals surface area contributed by atoms with Crippen LogP contribution < -0.4 is 5.73 Å². The maximum absolute atomic E-state index is 12.0. The van der Waals surface area contributed by atoms with Gasteiger partial charge in [-0.1, -0.05) is 31.1 Å². The molecule has 0 heterocycles. The van der Waals surface area contributed by atoms with Crippen molar-refractivity contribution < 1.29 is 13.6 Å². The van der Waals surface area contributed by atoms with Crippen LogP contribution >= 0.6 is 0 Å². The molecule has 1 rings (SSSR count). The number of nitrogens with two attached hydrogens (primary N) is 1. The number of nitrogens with zero attached hydrogens (tertiary/aromatic N) is 1. The van der Waals surface area contributed by atoms with Gasteiger partial charge in [-0.25, -0.2) is 8.42 Å². The van der Waals surface area contributed by atoms with Gasteiger partial charge >= 0.3 is 0 Å². The normalized spacial score (nSPS) is 14.4. The third-order valence-electron chi connectivity index (χ3n) is 2.83. The standard InChI is InChI=1S/C12H18N2O3S/c1-3-11(18(16,17)4-2)12(14-15)9-5-7-10(13)8-6-9/h5-8,11,15H,3-4,13H2,1-2H3/b14-12+. The Kier molecular flexibility index (Phi) is 4.72. The highest BCUT2D eigenvalue weighted by Gasteiger charge is 2.28. The monoisotopic (exact) mass is 270 g/mol. The first-order chi connectivity index (χ1) is 8.46. The summed E-state index contributed by atoms with van der Waals surface area (Å²) in [6.07, 6.45) is 0.361. The van der Waals surface area contributed by atoms with Gasteiger partial charge in [-0.3, -0.25) is 0 Å². The van der Waals surface area contributed by atoms with Gasteiger partial charge in [-0.05, 0) is 18.6 Å². The van der Waals surface area contributed by atoms with Crippen LogP contribution in [0.25, 0.3) is 0 Å². The van der Waals surface area contributed by atoms with E-state index in [1.807, 2.05) is 0 Å². The molecule has 0 fully saturated rings. The fraction of sp³-hybridized carbons (Fsp3) is 0.417. The molecule has 5 nitrogen and oxygen atoms in total. The van der Waals surface area contributed by atoms with E-state index in [1.165, 1.54) is 0 Å². The molecule has 3 N–H and O–H groups in total. The van der Waals surface area contributed by atoms with Crippen LogP contribution in [-0.2, 0) is 9.84 Å². The van der Waals surface area contributed by atoms with Crippen LogP contribution in [0.1, 0.15) is 25.8 Å². The third-order valence-corrected chi connectivity index (χ3v) is 5.05. The van der Waals surface area contributed by atoms with Crippen LogP contribution in [0, 0.1) is 0 Å². The van der Waals surface area contributed by atoms with Crippen molar-refractivity contribution in [3.05, 3.63) is 29.8 Å². The van der Waals surface area contributed by atoms with Gasteiger partial charge in [0.15, 0.2) is 9.84 Å². The molecule has 0 aliphatic heterocycles. The molecule has 0 saturated heterocycles. The molecule has 0 amide bonds. The zero-order valence-corrected chi connectivity index (χ0v) is 11.3. The number of oxime groups is 1. The van der Waals surface area contributed by atoms with Gasteiger partial charge in [0.1, 0.15) is 11.0 Å². The average Bonchev–Trinajstić information content (AvgIpc) is 2.36. The van der Waals surface area contributed by atoms with E-state index in [0.29, 0.717) is 17.7 Å². The first kappa shape index (κ1) is 14.5. The second kappa shape index (κ2) is 5.86. The van der Waals surface area contributed by atoms with Crippen molar-refractivity contribution in [2.24, 2.45) is 5.16 Å². The highest BCUT2D eigenvalue weighted by Crippen LogP contribution is 2.17. The summed E-state index contributed by atoms with van der Waals surface area (Å²) in [5.74, 6) is 0.0134. The van der Waals surface area contributed by atoms with Crippen molar-refractivity contribution in [2.75, 3.05) is 11.5 Å². The highest BCUT2D eigenvalue weighted by atomic mass is 32.2. The Morgan fingerprint density at radius 2 is 1.89 bits per heavy atom. The van der Waals surface area contributed by atoms with E-state index in [-0.39, 0.29) is 11.5 Å². The molecule has 100 valence electrons. The van der Waals surface area contributed by atoms with Gasteiger partial charge in [-0.15, -0.1) is 0 Å².